The van der Waals surface area contributed by atoms with Crippen LogP contribution in [0.5, 0.6) is 0 Å². The maximum absolute atomic E-state index is 12.8. The second kappa shape index (κ2) is 5.42. The van der Waals surface area contributed by atoms with Crippen molar-refractivity contribution in [1.29, 1.82) is 5.26 Å². The van der Waals surface area contributed by atoms with Crippen molar-refractivity contribution in [2.45, 2.75) is 11.3 Å². The van der Waals surface area contributed by atoms with Crippen molar-refractivity contribution in [3.05, 3.63) is 43.0 Å². The predicted molar refractivity (Wildman–Crippen MR) is 65.8 cm³/mol. The summed E-state index contributed by atoms with van der Waals surface area (Å²) >= 11 is 0. The molecule has 0 N–H and O–H groups in total. The van der Waals surface area contributed by atoms with E-state index in [9.17, 15) is 4.21 Å². The largest absolute Gasteiger partial charge is 0.243 e. The molecule has 1 aromatic heterocycles. The van der Waals surface area contributed by atoms with Gasteiger partial charge in [0.15, 0.2) is 0 Å². The van der Waals surface area contributed by atoms with Gasteiger partial charge in [0.1, 0.15) is 12.7 Å². The van der Waals surface area contributed by atoms with Crippen molar-refractivity contribution < 1.29 is 4.21 Å². The van der Waals surface area contributed by atoms with E-state index in [-0.39, 0.29) is 12.2 Å². The minimum absolute atomic E-state index is 0.180. The van der Waals surface area contributed by atoms with Crippen molar-refractivity contribution in [2.75, 3.05) is 5.75 Å². The highest BCUT2D eigenvalue weighted by molar-refractivity contribution is 7.93. The van der Waals surface area contributed by atoms with Crippen molar-refractivity contribution in [3.8, 4) is 6.07 Å². The Balaban J connectivity index is 2.49. The van der Waals surface area contributed by atoms with Gasteiger partial charge in [-0.1, -0.05) is 18.2 Å². The van der Waals surface area contributed by atoms with Crippen LogP contribution < -0.4 is 0 Å². The van der Waals surface area contributed by atoms with Gasteiger partial charge >= 0.3 is 0 Å². The van der Waals surface area contributed by atoms with Gasteiger partial charge in [-0.05, 0) is 12.1 Å². The number of nitriles is 1. The zero-order chi connectivity index (χ0) is 12.8. The third-order valence-electron chi connectivity index (χ3n) is 2.23. The number of hydrogen-bond acceptors (Lipinski definition) is 5. The van der Waals surface area contributed by atoms with Crippen LogP contribution in [0.1, 0.15) is 6.42 Å². The summed E-state index contributed by atoms with van der Waals surface area (Å²) in [6.45, 7) is 0. The molecule has 0 saturated carbocycles. The Bertz CT molecular complexity index is 650. The normalized spacial score (nSPS) is 13.5. The summed E-state index contributed by atoms with van der Waals surface area (Å²) in [7, 11) is -2.67. The maximum atomic E-state index is 12.8. The van der Waals surface area contributed by atoms with Crippen LogP contribution in [-0.2, 0) is 9.73 Å². The van der Waals surface area contributed by atoms with Crippen LogP contribution in [0.15, 0.2) is 52.4 Å². The Morgan fingerprint density at radius 1 is 1.28 bits per heavy atom. The van der Waals surface area contributed by atoms with Crippen LogP contribution in [0.4, 0.5) is 0 Å². The molecule has 0 saturated heterocycles. The molecule has 0 amide bonds. The van der Waals surface area contributed by atoms with Crippen molar-refractivity contribution in [2.24, 2.45) is 4.47 Å². The first-order valence-electron chi connectivity index (χ1n) is 5.26. The molecule has 0 spiro atoms. The number of benzene rings is 1. The van der Waals surface area contributed by atoms with E-state index < -0.39 is 9.73 Å². The van der Waals surface area contributed by atoms with Crippen LogP contribution in [-0.4, -0.2) is 24.8 Å². The molecule has 1 aromatic carbocycles. The van der Waals surface area contributed by atoms with Gasteiger partial charge in [0.25, 0.3) is 0 Å². The highest BCUT2D eigenvalue weighted by Crippen LogP contribution is 2.15. The van der Waals surface area contributed by atoms with E-state index in [4.69, 9.17) is 5.26 Å². The van der Waals surface area contributed by atoms with Crippen LogP contribution in [0, 0.1) is 11.3 Å². The lowest BCUT2D eigenvalue weighted by molar-refractivity contribution is 0.669. The molecule has 0 aliphatic heterocycles. The van der Waals surface area contributed by atoms with E-state index >= 15 is 0 Å². The molecule has 1 atom stereocenters. The Hall–Kier alpha value is -2.20. The average molecular weight is 261 g/mol. The first kappa shape index (κ1) is 12.3. The van der Waals surface area contributed by atoms with Crippen LogP contribution in [0.3, 0.4) is 0 Å². The molecule has 18 heavy (non-hydrogen) atoms. The lowest BCUT2D eigenvalue weighted by Crippen LogP contribution is -2.08. The molecule has 0 radical (unpaired) electrons. The van der Waals surface area contributed by atoms with Crippen LogP contribution in [0.2, 0.25) is 0 Å². The molecule has 2 aromatic rings. The second-order valence-electron chi connectivity index (χ2n) is 3.49. The lowest BCUT2D eigenvalue weighted by Gasteiger charge is -2.07. The van der Waals surface area contributed by atoms with Gasteiger partial charge < -0.3 is 0 Å². The van der Waals surface area contributed by atoms with E-state index in [2.05, 4.69) is 14.7 Å². The third kappa shape index (κ3) is 2.73. The average Bonchev–Trinajstić information content (AvgIpc) is 2.90. The highest BCUT2D eigenvalue weighted by atomic mass is 32.2. The molecular formula is C11H11N5OS. The molecule has 92 valence electrons. The first-order chi connectivity index (χ1) is 8.74. The summed E-state index contributed by atoms with van der Waals surface area (Å²) in [5, 5.41) is 15.9. The van der Waals surface area contributed by atoms with Gasteiger partial charge in [0, 0.05) is 11.3 Å². The summed E-state index contributed by atoms with van der Waals surface area (Å²) in [6.07, 6.45) is 2.92. The molecule has 1 unspecified atom stereocenters. The molecule has 0 aliphatic rings. The zero-order valence-electron chi connectivity index (χ0n) is 9.51. The van der Waals surface area contributed by atoms with Gasteiger partial charge in [-0.25, -0.2) is 4.21 Å². The highest BCUT2D eigenvalue weighted by Gasteiger charge is 2.12. The summed E-state index contributed by atoms with van der Waals surface area (Å²) in [4.78, 5) is 0.606. The molecule has 7 heteroatoms. The fourth-order valence-electron chi connectivity index (χ4n) is 1.41. The Morgan fingerprint density at radius 2 is 1.94 bits per heavy atom. The number of rotatable bonds is 4. The predicted octanol–water partition coefficient (Wildman–Crippen LogP) is 1.48. The van der Waals surface area contributed by atoms with Gasteiger partial charge in [-0.3, -0.25) is 0 Å². The summed E-state index contributed by atoms with van der Waals surface area (Å²) in [5.41, 5.74) is 0. The number of hydrogen-bond donors (Lipinski definition) is 0. The first-order valence-corrected chi connectivity index (χ1v) is 6.95. The van der Waals surface area contributed by atoms with E-state index in [0.717, 1.165) is 0 Å². The topological polar surface area (TPSA) is 83.9 Å². The van der Waals surface area contributed by atoms with Gasteiger partial charge in [-0.2, -0.15) is 9.94 Å². The summed E-state index contributed by atoms with van der Waals surface area (Å²) in [5.74, 6) is 0.186. The Labute approximate surface area is 105 Å². The SMILES string of the molecule is N#CCCS(=O)(=Nn1cnnc1)c1ccccc1. The van der Waals surface area contributed by atoms with Crippen molar-refractivity contribution in [1.82, 2.24) is 14.9 Å². The van der Waals surface area contributed by atoms with Crippen molar-refractivity contribution >= 4 is 9.73 Å². The fourth-order valence-corrected chi connectivity index (χ4v) is 3.16. The Morgan fingerprint density at radius 3 is 2.56 bits per heavy atom. The second-order valence-corrected chi connectivity index (χ2v) is 5.81. The standard InChI is InChI=1S/C11H11N5OS/c12-7-4-8-18(17,11-5-2-1-3-6-11)15-16-9-13-14-10-16/h1-3,5-6,9-10H,4,8H2. The molecule has 2 rings (SSSR count). The van der Waals surface area contributed by atoms with Crippen molar-refractivity contribution in [3.63, 3.8) is 0 Å². The fraction of sp³-hybridized carbons (Fsp3) is 0.182. The minimum atomic E-state index is -2.67. The van der Waals surface area contributed by atoms with Crippen LogP contribution >= 0.6 is 0 Å². The quantitative estimate of drug-likeness (QED) is 0.834. The number of nitrogens with zero attached hydrogens (tertiary/aromatic N) is 5. The summed E-state index contributed by atoms with van der Waals surface area (Å²) < 4.78 is 18.3. The van der Waals surface area contributed by atoms with Gasteiger partial charge in [0.2, 0.25) is 0 Å². The van der Waals surface area contributed by atoms with E-state index in [1.54, 1.807) is 24.3 Å². The van der Waals surface area contributed by atoms with Gasteiger partial charge in [0.05, 0.1) is 21.6 Å². The summed E-state index contributed by atoms with van der Waals surface area (Å²) in [6, 6.07) is 10.9. The van der Waals surface area contributed by atoms with E-state index in [1.807, 2.05) is 12.1 Å². The minimum Gasteiger partial charge on any atom is -0.243 e. The monoisotopic (exact) mass is 261 g/mol. The van der Waals surface area contributed by atoms with E-state index in [0.29, 0.717) is 4.90 Å². The molecule has 0 aliphatic carbocycles. The lowest BCUT2D eigenvalue weighted by atomic mass is 10.4. The Kier molecular flexibility index (Phi) is 3.69. The van der Waals surface area contributed by atoms with E-state index in [1.165, 1.54) is 17.3 Å². The smallest absolute Gasteiger partial charge is 0.142 e. The van der Waals surface area contributed by atoms with Gasteiger partial charge in [-0.15, -0.1) is 14.7 Å². The third-order valence-corrected chi connectivity index (χ3v) is 4.45. The maximum Gasteiger partial charge on any atom is 0.142 e. The number of aromatic nitrogens is 3. The van der Waals surface area contributed by atoms with Crippen LogP contribution in [0.25, 0.3) is 0 Å². The molecule has 6 nitrogen and oxygen atoms in total. The zero-order valence-corrected chi connectivity index (χ0v) is 10.3. The molecule has 1 heterocycles. The molecule has 0 bridgehead atoms. The molecule has 0 fully saturated rings. The molecular weight excluding hydrogens is 250 g/mol.